The van der Waals surface area contributed by atoms with Crippen molar-refractivity contribution in [3.63, 3.8) is 0 Å². The van der Waals surface area contributed by atoms with Crippen LogP contribution in [0.2, 0.25) is 0 Å². The van der Waals surface area contributed by atoms with Gasteiger partial charge >= 0.3 is 0 Å². The van der Waals surface area contributed by atoms with E-state index in [1.54, 1.807) is 0 Å². The number of hydrogen-bond acceptors (Lipinski definition) is 4. The highest BCUT2D eigenvalue weighted by Gasteiger charge is 2.54. The van der Waals surface area contributed by atoms with E-state index in [-0.39, 0.29) is 28.9 Å². The Bertz CT molecular complexity index is 366. The van der Waals surface area contributed by atoms with E-state index in [4.69, 9.17) is 5.11 Å². The van der Waals surface area contributed by atoms with Gasteiger partial charge in [-0.2, -0.15) is 0 Å². The number of allylic oxidation sites excluding steroid dienone is 1. The molecule has 1 amide bonds. The van der Waals surface area contributed by atoms with Crippen LogP contribution in [0.5, 0.6) is 0 Å². The van der Waals surface area contributed by atoms with Crippen LogP contribution in [0.4, 0.5) is 0 Å². The summed E-state index contributed by atoms with van der Waals surface area (Å²) in [5.74, 6) is -0.530. The second kappa shape index (κ2) is 3.84. The van der Waals surface area contributed by atoms with Gasteiger partial charge in [0.25, 0.3) is 0 Å². The number of nitrogens with zero attached hydrogens (tertiary/aromatic N) is 1. The lowest BCUT2D eigenvalue weighted by atomic mass is 9.98. The lowest BCUT2D eigenvalue weighted by Crippen LogP contribution is -2.58. The van der Waals surface area contributed by atoms with Crippen LogP contribution in [0, 0.1) is 5.92 Å². The summed E-state index contributed by atoms with van der Waals surface area (Å²) in [5, 5.41) is 8.54. The van der Waals surface area contributed by atoms with Crippen molar-refractivity contribution >= 4 is 35.4 Å². The molecule has 1 saturated heterocycles. The summed E-state index contributed by atoms with van der Waals surface area (Å²) in [5.41, 5.74) is 0.408. The lowest BCUT2D eigenvalue weighted by molar-refractivity contribution is -0.149. The molecular weight excluding hydrogens is 234 g/mol. The Hall–Kier alpha value is -0.460. The Balaban J connectivity index is 2.29. The van der Waals surface area contributed by atoms with Crippen LogP contribution in [-0.2, 0) is 9.59 Å². The van der Waals surface area contributed by atoms with Crippen molar-refractivity contribution in [1.82, 2.24) is 4.90 Å². The van der Waals surface area contributed by atoms with Crippen LogP contribution in [0.15, 0.2) is 10.6 Å². The molecule has 2 aliphatic rings. The number of β-lactam (4-membered cyclic amide) rings is 1. The smallest absolute Gasteiger partial charge is 0.236 e. The maximum atomic E-state index is 11.6. The lowest BCUT2D eigenvalue weighted by Gasteiger charge is -2.41. The molecule has 1 fully saturated rings. The van der Waals surface area contributed by atoms with E-state index < -0.39 is 0 Å². The molecule has 82 valence electrons. The molecule has 6 heteroatoms. The summed E-state index contributed by atoms with van der Waals surface area (Å²) in [6.45, 7) is 1.78. The number of carbonyl (C=O) groups is 2. The molecule has 0 saturated carbocycles. The van der Waals surface area contributed by atoms with E-state index in [0.717, 1.165) is 4.91 Å². The summed E-state index contributed by atoms with van der Waals surface area (Å²) in [6.07, 6.45) is 0.713. The van der Waals surface area contributed by atoms with Crippen molar-refractivity contribution in [1.29, 1.82) is 0 Å². The molecule has 0 aliphatic carbocycles. The predicted octanol–water partition coefficient (Wildman–Crippen LogP) is 0.588. The van der Waals surface area contributed by atoms with Gasteiger partial charge in [-0.3, -0.25) is 14.5 Å². The minimum atomic E-state index is -0.369. The van der Waals surface area contributed by atoms with Gasteiger partial charge in [0.2, 0.25) is 11.0 Å². The normalized spacial score (nSPS) is 29.3. The molecule has 0 aromatic carbocycles. The van der Waals surface area contributed by atoms with Crippen molar-refractivity contribution in [3.8, 4) is 0 Å². The van der Waals surface area contributed by atoms with Gasteiger partial charge in [-0.1, -0.05) is 19.6 Å². The molecule has 2 atom stereocenters. The topological polar surface area (TPSA) is 57.6 Å². The maximum absolute atomic E-state index is 11.6. The molecular formula is C9H11NO3S2. The molecule has 0 aromatic heterocycles. The quantitative estimate of drug-likeness (QED) is 0.564. The standard InChI is InChI=1S/C9H11NO3S2/c1-2-5-6(9(13)14)10-7(12)4(3-11)8(10)15-5/h4,8,11H,2-3H2,1H3,(H,13,14)/t4-,8-/m1/s1. The fraction of sp³-hybridized carbons (Fsp3) is 0.556. The molecule has 2 heterocycles. The third-order valence-electron chi connectivity index (χ3n) is 2.64. The van der Waals surface area contributed by atoms with Crippen molar-refractivity contribution in [3.05, 3.63) is 10.6 Å². The summed E-state index contributed by atoms with van der Waals surface area (Å²) < 4.78 is 0. The first-order valence-corrected chi connectivity index (χ1v) is 6.01. The third kappa shape index (κ3) is 1.43. The number of thioether (sulfide) groups is 1. The van der Waals surface area contributed by atoms with Crippen LogP contribution >= 0.6 is 24.4 Å². The predicted molar refractivity (Wildman–Crippen MR) is 60.1 cm³/mol. The second-order valence-corrected chi connectivity index (χ2v) is 5.05. The largest absolute Gasteiger partial charge is 0.395 e. The minimum absolute atomic E-state index is 0.0939. The van der Waals surface area contributed by atoms with Crippen molar-refractivity contribution in [2.75, 3.05) is 6.61 Å². The minimum Gasteiger partial charge on any atom is -0.395 e. The first kappa shape index (κ1) is 11.0. The monoisotopic (exact) mass is 245 g/mol. The molecule has 2 rings (SSSR count). The first-order chi connectivity index (χ1) is 7.11. The van der Waals surface area contributed by atoms with Gasteiger partial charge in [0.1, 0.15) is 11.1 Å². The highest BCUT2D eigenvalue weighted by molar-refractivity contribution is 8.04. The fourth-order valence-corrected chi connectivity index (χ4v) is 3.63. The number of aliphatic hydroxyl groups excluding tert-OH is 1. The van der Waals surface area contributed by atoms with Gasteiger partial charge < -0.3 is 5.11 Å². The van der Waals surface area contributed by atoms with Crippen LogP contribution in [-0.4, -0.2) is 33.0 Å². The molecule has 0 bridgehead atoms. The maximum Gasteiger partial charge on any atom is 0.236 e. The van der Waals surface area contributed by atoms with E-state index in [2.05, 4.69) is 12.6 Å². The molecule has 0 aromatic rings. The molecule has 4 nitrogen and oxygen atoms in total. The second-order valence-electron chi connectivity index (χ2n) is 3.44. The number of fused-ring (bicyclic) bond motifs is 1. The Labute approximate surface area is 97.1 Å². The average Bonchev–Trinajstić information content (AvgIpc) is 2.53. The van der Waals surface area contributed by atoms with Crippen molar-refractivity contribution < 1.29 is 14.7 Å². The highest BCUT2D eigenvalue weighted by atomic mass is 32.2. The van der Waals surface area contributed by atoms with E-state index in [9.17, 15) is 9.59 Å². The number of rotatable bonds is 3. The van der Waals surface area contributed by atoms with E-state index >= 15 is 0 Å². The highest BCUT2D eigenvalue weighted by Crippen LogP contribution is 2.50. The van der Waals surface area contributed by atoms with E-state index in [1.165, 1.54) is 16.7 Å². The van der Waals surface area contributed by atoms with Gasteiger partial charge in [-0.05, 0) is 6.42 Å². The summed E-state index contributed by atoms with van der Waals surface area (Å²) in [7, 11) is 0. The molecule has 15 heavy (non-hydrogen) atoms. The van der Waals surface area contributed by atoms with E-state index in [1.807, 2.05) is 6.92 Å². The summed E-state index contributed by atoms with van der Waals surface area (Å²) in [6, 6.07) is 0. The number of amides is 1. The average molecular weight is 245 g/mol. The van der Waals surface area contributed by atoms with E-state index in [0.29, 0.717) is 12.1 Å². The number of aliphatic hydroxyl groups is 1. The zero-order valence-corrected chi connectivity index (χ0v) is 9.85. The third-order valence-corrected chi connectivity index (χ3v) is 4.40. The Kier molecular flexibility index (Phi) is 2.83. The molecule has 0 spiro atoms. The van der Waals surface area contributed by atoms with Gasteiger partial charge in [0.15, 0.2) is 0 Å². The first-order valence-electron chi connectivity index (χ1n) is 4.68. The molecule has 2 aliphatic heterocycles. The summed E-state index contributed by atoms with van der Waals surface area (Å²) >= 11 is 5.26. The van der Waals surface area contributed by atoms with Crippen molar-refractivity contribution in [2.45, 2.75) is 18.7 Å². The number of hydrogen-bond donors (Lipinski definition) is 2. The fourth-order valence-electron chi connectivity index (χ4n) is 1.87. The SMILES string of the molecule is CCC1=C(C(=O)S)N2C(=O)[C@@H](CO)[C@H]2S1. The van der Waals surface area contributed by atoms with Crippen LogP contribution < -0.4 is 0 Å². The van der Waals surface area contributed by atoms with Gasteiger partial charge in [-0.15, -0.1) is 11.8 Å². The Morgan fingerprint density at radius 3 is 2.80 bits per heavy atom. The van der Waals surface area contributed by atoms with Crippen LogP contribution in [0.1, 0.15) is 13.3 Å². The van der Waals surface area contributed by atoms with Crippen LogP contribution in [0.3, 0.4) is 0 Å². The number of thiol groups is 1. The van der Waals surface area contributed by atoms with Gasteiger partial charge in [0.05, 0.1) is 12.5 Å². The zero-order chi connectivity index (χ0) is 11.2. The number of carbonyl (C=O) groups excluding carboxylic acids is 2. The summed E-state index contributed by atoms with van der Waals surface area (Å²) in [4.78, 5) is 25.2. The molecule has 0 unspecified atom stereocenters. The Morgan fingerprint density at radius 2 is 2.33 bits per heavy atom. The van der Waals surface area contributed by atoms with Crippen LogP contribution in [0.25, 0.3) is 0 Å². The van der Waals surface area contributed by atoms with Crippen molar-refractivity contribution in [2.24, 2.45) is 5.92 Å². The van der Waals surface area contributed by atoms with Gasteiger partial charge in [0, 0.05) is 4.91 Å². The zero-order valence-electron chi connectivity index (χ0n) is 8.14. The molecule has 0 radical (unpaired) electrons. The van der Waals surface area contributed by atoms with Gasteiger partial charge in [-0.25, -0.2) is 0 Å². The molecule has 1 N–H and O–H groups in total. The Morgan fingerprint density at radius 1 is 1.67 bits per heavy atom.